The van der Waals surface area contributed by atoms with Crippen LogP contribution in [0.3, 0.4) is 0 Å². The zero-order valence-corrected chi connectivity index (χ0v) is 22.7. The second-order valence-electron chi connectivity index (χ2n) is 9.41. The molecule has 0 saturated heterocycles. The monoisotopic (exact) mass is 530 g/mol. The van der Waals surface area contributed by atoms with E-state index >= 15 is 0 Å². The second-order valence-corrected chi connectivity index (χ2v) is 10.3. The molecule has 3 amide bonds. The first-order chi connectivity index (χ1) is 18.2. The molecule has 2 heterocycles. The molecule has 3 N–H and O–H groups in total. The Bertz CT molecular complexity index is 1450. The van der Waals surface area contributed by atoms with Crippen LogP contribution in [0.5, 0.6) is 11.5 Å². The van der Waals surface area contributed by atoms with Gasteiger partial charge in [-0.2, -0.15) is 5.10 Å². The number of amides is 3. The van der Waals surface area contributed by atoms with E-state index in [1.807, 2.05) is 48.7 Å². The van der Waals surface area contributed by atoms with Gasteiger partial charge in [-0.3, -0.25) is 15.1 Å². The Labute approximate surface area is 226 Å². The molecule has 4 rings (SSSR count). The molecule has 196 valence electrons. The normalized spacial score (nSPS) is 11.1. The SMILES string of the molecule is CNC(=O)c1cc(Oc2ccc(NC(=O)Nc3cc(C(C)(C)C)nn3-c3ccccc3)c(SC)c2)ccn1. The number of hydrogen-bond acceptors (Lipinski definition) is 6. The van der Waals surface area contributed by atoms with Gasteiger partial charge in [0, 0.05) is 35.7 Å². The van der Waals surface area contributed by atoms with Crippen molar-refractivity contribution >= 4 is 35.2 Å². The Morgan fingerprint density at radius 2 is 1.68 bits per heavy atom. The van der Waals surface area contributed by atoms with Gasteiger partial charge in [0.15, 0.2) is 0 Å². The second kappa shape index (κ2) is 11.4. The number of aromatic nitrogens is 3. The Hall–Kier alpha value is -4.31. The number of para-hydroxylation sites is 1. The van der Waals surface area contributed by atoms with Crippen LogP contribution in [-0.2, 0) is 5.41 Å². The quantitative estimate of drug-likeness (QED) is 0.250. The minimum absolute atomic E-state index is 0.190. The molecule has 0 spiro atoms. The van der Waals surface area contributed by atoms with Crippen LogP contribution in [0, 0.1) is 0 Å². The summed E-state index contributed by atoms with van der Waals surface area (Å²) in [5, 5.41) is 13.2. The van der Waals surface area contributed by atoms with Crippen LogP contribution >= 0.6 is 11.8 Å². The van der Waals surface area contributed by atoms with Crippen LogP contribution in [-0.4, -0.2) is 40.0 Å². The van der Waals surface area contributed by atoms with E-state index in [-0.39, 0.29) is 17.0 Å². The Balaban J connectivity index is 1.52. The number of nitrogens with zero attached hydrogens (tertiary/aromatic N) is 3. The summed E-state index contributed by atoms with van der Waals surface area (Å²) in [7, 11) is 1.54. The molecule has 0 saturated carbocycles. The van der Waals surface area contributed by atoms with Crippen LogP contribution in [0.2, 0.25) is 0 Å². The molecule has 0 aliphatic carbocycles. The number of carbonyl (C=O) groups is 2. The molecule has 10 heteroatoms. The molecule has 9 nitrogen and oxygen atoms in total. The molecular weight excluding hydrogens is 500 g/mol. The maximum atomic E-state index is 13.0. The summed E-state index contributed by atoms with van der Waals surface area (Å²) in [6, 6.07) is 19.8. The molecule has 0 aliphatic heterocycles. The lowest BCUT2D eigenvalue weighted by Gasteiger charge is -2.14. The highest BCUT2D eigenvalue weighted by atomic mass is 32.2. The summed E-state index contributed by atoms with van der Waals surface area (Å²) in [6.45, 7) is 6.23. The Morgan fingerprint density at radius 3 is 2.37 bits per heavy atom. The van der Waals surface area contributed by atoms with E-state index in [1.165, 1.54) is 18.0 Å². The molecule has 0 aliphatic rings. The van der Waals surface area contributed by atoms with E-state index in [0.29, 0.717) is 23.0 Å². The third kappa shape index (κ3) is 6.33. The fraction of sp³-hybridized carbons (Fsp3) is 0.214. The number of urea groups is 1. The average molecular weight is 531 g/mol. The third-order valence-electron chi connectivity index (χ3n) is 5.57. The molecule has 0 bridgehead atoms. The maximum absolute atomic E-state index is 13.0. The minimum atomic E-state index is -0.393. The van der Waals surface area contributed by atoms with Gasteiger partial charge in [-0.15, -0.1) is 11.8 Å². The van der Waals surface area contributed by atoms with Crippen molar-refractivity contribution in [2.45, 2.75) is 31.1 Å². The van der Waals surface area contributed by atoms with Crippen molar-refractivity contribution in [1.82, 2.24) is 20.1 Å². The fourth-order valence-corrected chi connectivity index (χ4v) is 4.15. The largest absolute Gasteiger partial charge is 0.457 e. The van der Waals surface area contributed by atoms with Crippen LogP contribution in [0.1, 0.15) is 37.0 Å². The van der Waals surface area contributed by atoms with Gasteiger partial charge < -0.3 is 15.4 Å². The lowest BCUT2D eigenvalue weighted by atomic mass is 9.92. The Kier molecular flexibility index (Phi) is 8.02. The molecule has 0 atom stereocenters. The topological polar surface area (TPSA) is 110 Å². The number of nitrogens with one attached hydrogen (secondary N) is 3. The lowest BCUT2D eigenvalue weighted by molar-refractivity contribution is 0.0958. The molecule has 0 fully saturated rings. The van der Waals surface area contributed by atoms with Gasteiger partial charge in [0.2, 0.25) is 0 Å². The van der Waals surface area contributed by atoms with E-state index in [0.717, 1.165) is 16.3 Å². The van der Waals surface area contributed by atoms with Crippen molar-refractivity contribution in [2.24, 2.45) is 0 Å². The zero-order chi connectivity index (χ0) is 27.3. The number of thioether (sulfide) groups is 1. The minimum Gasteiger partial charge on any atom is -0.457 e. The fourth-order valence-electron chi connectivity index (χ4n) is 3.57. The van der Waals surface area contributed by atoms with Crippen molar-refractivity contribution in [1.29, 1.82) is 0 Å². The summed E-state index contributed by atoms with van der Waals surface area (Å²) in [6.07, 6.45) is 3.43. The van der Waals surface area contributed by atoms with Crippen LogP contribution in [0.25, 0.3) is 5.69 Å². The predicted molar refractivity (Wildman–Crippen MR) is 151 cm³/mol. The van der Waals surface area contributed by atoms with Gasteiger partial charge in [0.1, 0.15) is 23.0 Å². The standard InChI is InChI=1S/C28H30N6O3S/c1-28(2,3)24-17-25(34(33-24)18-9-7-6-8-10-18)32-27(36)31-21-12-11-19(16-23(21)38-5)37-20-13-14-30-22(15-20)26(35)29-4/h6-17H,1-5H3,(H,29,35)(H2,31,32,36). The van der Waals surface area contributed by atoms with Crippen molar-refractivity contribution in [3.05, 3.63) is 84.3 Å². The first kappa shape index (κ1) is 26.7. The number of carbonyl (C=O) groups excluding carboxylic acids is 2. The summed E-state index contributed by atoms with van der Waals surface area (Å²) in [5.74, 6) is 1.31. The van der Waals surface area contributed by atoms with Gasteiger partial charge in [-0.25, -0.2) is 9.48 Å². The Morgan fingerprint density at radius 1 is 0.947 bits per heavy atom. The summed E-state index contributed by atoms with van der Waals surface area (Å²) in [5.41, 5.74) is 2.41. The van der Waals surface area contributed by atoms with Gasteiger partial charge in [0.05, 0.1) is 17.1 Å². The van der Waals surface area contributed by atoms with E-state index < -0.39 is 6.03 Å². The van der Waals surface area contributed by atoms with Crippen LogP contribution in [0.15, 0.2) is 77.8 Å². The maximum Gasteiger partial charge on any atom is 0.324 e. The number of ether oxygens (including phenoxy) is 1. The zero-order valence-electron chi connectivity index (χ0n) is 21.9. The first-order valence-corrected chi connectivity index (χ1v) is 13.2. The van der Waals surface area contributed by atoms with Gasteiger partial charge in [0.25, 0.3) is 5.91 Å². The average Bonchev–Trinajstić information content (AvgIpc) is 3.34. The summed E-state index contributed by atoms with van der Waals surface area (Å²) >= 11 is 1.47. The molecule has 38 heavy (non-hydrogen) atoms. The predicted octanol–water partition coefficient (Wildman–Crippen LogP) is 6.08. The molecule has 0 radical (unpaired) electrons. The number of pyridine rings is 1. The van der Waals surface area contributed by atoms with E-state index in [9.17, 15) is 9.59 Å². The summed E-state index contributed by atoms with van der Waals surface area (Å²) < 4.78 is 7.67. The lowest BCUT2D eigenvalue weighted by Crippen LogP contribution is -2.21. The molecule has 0 unspecified atom stereocenters. The highest BCUT2D eigenvalue weighted by molar-refractivity contribution is 7.98. The third-order valence-corrected chi connectivity index (χ3v) is 6.35. The van der Waals surface area contributed by atoms with E-state index in [4.69, 9.17) is 9.84 Å². The number of anilines is 2. The van der Waals surface area contributed by atoms with Gasteiger partial charge in [-0.1, -0.05) is 39.0 Å². The van der Waals surface area contributed by atoms with Crippen molar-refractivity contribution in [3.63, 3.8) is 0 Å². The summed E-state index contributed by atoms with van der Waals surface area (Å²) in [4.78, 5) is 29.8. The smallest absolute Gasteiger partial charge is 0.324 e. The van der Waals surface area contributed by atoms with E-state index in [2.05, 4.69) is 41.7 Å². The highest BCUT2D eigenvalue weighted by Crippen LogP contribution is 2.32. The van der Waals surface area contributed by atoms with Crippen molar-refractivity contribution in [3.8, 4) is 17.2 Å². The van der Waals surface area contributed by atoms with Crippen LogP contribution in [0.4, 0.5) is 16.3 Å². The number of benzene rings is 2. The number of hydrogen-bond donors (Lipinski definition) is 3. The first-order valence-electron chi connectivity index (χ1n) is 12.0. The number of rotatable bonds is 7. The van der Waals surface area contributed by atoms with Crippen molar-refractivity contribution in [2.75, 3.05) is 23.9 Å². The van der Waals surface area contributed by atoms with Gasteiger partial charge >= 0.3 is 6.03 Å². The molecule has 2 aromatic heterocycles. The molecule has 2 aromatic carbocycles. The highest BCUT2D eigenvalue weighted by Gasteiger charge is 2.22. The van der Waals surface area contributed by atoms with E-state index in [1.54, 1.807) is 36.0 Å². The van der Waals surface area contributed by atoms with Crippen molar-refractivity contribution < 1.29 is 14.3 Å². The van der Waals surface area contributed by atoms with Crippen LogP contribution < -0.4 is 20.7 Å². The molecule has 4 aromatic rings. The van der Waals surface area contributed by atoms with Gasteiger partial charge in [-0.05, 0) is 42.7 Å². The molecular formula is C28H30N6O3S.